The normalized spacial score (nSPS) is 17.3. The molecule has 0 unspecified atom stereocenters. The van der Waals surface area contributed by atoms with E-state index in [0.29, 0.717) is 33.8 Å². The number of benzene rings is 1. The van der Waals surface area contributed by atoms with Crippen molar-refractivity contribution in [3.8, 4) is 6.07 Å². The van der Waals surface area contributed by atoms with Gasteiger partial charge in [0.15, 0.2) is 0 Å². The number of amides is 1. The zero-order valence-corrected chi connectivity index (χ0v) is 24.9. The summed E-state index contributed by atoms with van der Waals surface area (Å²) in [6.45, 7) is 8.79. The molecule has 6 nitrogen and oxygen atoms in total. The van der Waals surface area contributed by atoms with Gasteiger partial charge in [0, 0.05) is 31.7 Å². The van der Waals surface area contributed by atoms with E-state index in [-0.39, 0.29) is 17.0 Å². The van der Waals surface area contributed by atoms with Crippen LogP contribution in [0.3, 0.4) is 0 Å². The zero-order valence-electron chi connectivity index (χ0n) is 23.2. The number of hydrogen-bond acceptors (Lipinski definition) is 6. The Balaban J connectivity index is 1.70. The number of pyridine rings is 1. The van der Waals surface area contributed by atoms with Gasteiger partial charge < -0.3 is 4.90 Å². The van der Waals surface area contributed by atoms with Crippen LogP contribution in [0.25, 0.3) is 6.08 Å². The third-order valence-corrected chi connectivity index (χ3v) is 9.09. The summed E-state index contributed by atoms with van der Waals surface area (Å²) < 4.78 is 2.34. The molecular formula is C31H38N4O2S2. The molecule has 1 amide bonds. The second-order valence-corrected chi connectivity index (χ2v) is 12.1. The van der Waals surface area contributed by atoms with Crippen molar-refractivity contribution in [3.05, 3.63) is 67.8 Å². The fourth-order valence-corrected chi connectivity index (χ4v) is 6.85. The highest BCUT2D eigenvalue weighted by atomic mass is 32.2. The topological polar surface area (TPSA) is 69.3 Å². The average Bonchev–Trinajstić information content (AvgIpc) is 3.20. The molecule has 0 aliphatic carbocycles. The maximum atomic E-state index is 13.5. The molecule has 3 heterocycles. The molecule has 0 atom stereocenters. The minimum Gasteiger partial charge on any atom is -0.357 e. The molecule has 2 fully saturated rings. The van der Waals surface area contributed by atoms with Gasteiger partial charge in [0.1, 0.15) is 21.8 Å². The lowest BCUT2D eigenvalue weighted by Gasteiger charge is -2.36. The van der Waals surface area contributed by atoms with E-state index in [1.807, 2.05) is 26.0 Å². The van der Waals surface area contributed by atoms with Crippen LogP contribution in [-0.2, 0) is 17.8 Å². The van der Waals surface area contributed by atoms with E-state index in [2.05, 4.69) is 42.2 Å². The van der Waals surface area contributed by atoms with E-state index in [1.165, 1.54) is 17.3 Å². The van der Waals surface area contributed by atoms with Gasteiger partial charge in [0.2, 0.25) is 0 Å². The number of aromatic nitrogens is 1. The van der Waals surface area contributed by atoms with Crippen LogP contribution >= 0.6 is 24.0 Å². The number of rotatable bonds is 10. The number of thioether (sulfide) groups is 1. The Kier molecular flexibility index (Phi) is 10.0. The molecule has 1 aromatic heterocycles. The fraction of sp³-hybridized carbons (Fsp3) is 0.484. The largest absolute Gasteiger partial charge is 0.357 e. The van der Waals surface area contributed by atoms with E-state index >= 15 is 0 Å². The van der Waals surface area contributed by atoms with Crippen molar-refractivity contribution in [1.29, 1.82) is 5.26 Å². The Bertz CT molecular complexity index is 1340. The summed E-state index contributed by atoms with van der Waals surface area (Å²) in [4.78, 5) is 31.4. The smallest absolute Gasteiger partial charge is 0.270 e. The van der Waals surface area contributed by atoms with Crippen molar-refractivity contribution in [2.75, 3.05) is 24.5 Å². The first-order valence-electron chi connectivity index (χ1n) is 14.1. The number of piperidine rings is 1. The van der Waals surface area contributed by atoms with Crippen LogP contribution in [0.2, 0.25) is 0 Å². The van der Waals surface area contributed by atoms with Crippen molar-refractivity contribution in [3.63, 3.8) is 0 Å². The molecule has 0 bridgehead atoms. The molecule has 0 N–H and O–H groups in total. The Morgan fingerprint density at radius 1 is 1.08 bits per heavy atom. The second-order valence-electron chi connectivity index (χ2n) is 10.5. The van der Waals surface area contributed by atoms with Crippen molar-refractivity contribution >= 4 is 46.1 Å². The molecular weight excluding hydrogens is 525 g/mol. The number of anilines is 1. The summed E-state index contributed by atoms with van der Waals surface area (Å²) >= 11 is 6.88. The summed E-state index contributed by atoms with van der Waals surface area (Å²) in [7, 11) is 0. The maximum absolute atomic E-state index is 13.5. The number of carbonyl (C=O) groups excluding carboxylic acids is 1. The van der Waals surface area contributed by atoms with Crippen LogP contribution in [-0.4, -0.2) is 39.3 Å². The number of nitriles is 1. The van der Waals surface area contributed by atoms with Gasteiger partial charge in [-0.1, -0.05) is 81.0 Å². The molecule has 0 saturated carbocycles. The Morgan fingerprint density at radius 2 is 1.79 bits per heavy atom. The molecule has 8 heteroatoms. The zero-order chi connectivity index (χ0) is 27.9. The van der Waals surface area contributed by atoms with Crippen LogP contribution in [0.1, 0.15) is 74.6 Å². The standard InChI is InChI=1S/C31H38N4O2S2/c1-4-6-10-16-35-30(37)27(39-31(35)38)20-25-22(3)26(21-32)29(36)34(15-5-2)28(25)33-17-13-24(14-18-33)19-23-11-8-7-9-12-23/h7-9,11-12,20,24H,4-6,10,13-19H2,1-3H3/b27-20-. The van der Waals surface area contributed by atoms with Gasteiger partial charge in [0.05, 0.1) is 4.91 Å². The number of unbranched alkanes of at least 4 members (excludes halogenated alkanes) is 2. The van der Waals surface area contributed by atoms with Crippen LogP contribution in [0.4, 0.5) is 5.82 Å². The van der Waals surface area contributed by atoms with E-state index in [9.17, 15) is 14.9 Å². The van der Waals surface area contributed by atoms with Gasteiger partial charge in [-0.05, 0) is 62.1 Å². The van der Waals surface area contributed by atoms with Crippen molar-refractivity contribution in [2.24, 2.45) is 5.92 Å². The molecule has 1 aromatic carbocycles. The lowest BCUT2D eigenvalue weighted by molar-refractivity contribution is -0.122. The van der Waals surface area contributed by atoms with Gasteiger partial charge in [-0.2, -0.15) is 5.26 Å². The minimum atomic E-state index is -0.248. The van der Waals surface area contributed by atoms with Crippen LogP contribution in [0.5, 0.6) is 0 Å². The summed E-state index contributed by atoms with van der Waals surface area (Å²) in [5.74, 6) is 1.32. The highest BCUT2D eigenvalue weighted by Crippen LogP contribution is 2.37. The molecule has 2 aliphatic heterocycles. The van der Waals surface area contributed by atoms with Gasteiger partial charge >= 0.3 is 0 Å². The monoisotopic (exact) mass is 562 g/mol. The van der Waals surface area contributed by atoms with Gasteiger partial charge in [-0.3, -0.25) is 19.1 Å². The minimum absolute atomic E-state index is 0.0835. The first kappa shape index (κ1) is 29.1. The third kappa shape index (κ3) is 6.47. The van der Waals surface area contributed by atoms with Crippen molar-refractivity contribution in [2.45, 2.75) is 72.3 Å². The molecule has 0 spiro atoms. The maximum Gasteiger partial charge on any atom is 0.270 e. The van der Waals surface area contributed by atoms with Crippen LogP contribution in [0.15, 0.2) is 40.0 Å². The molecule has 2 aliphatic rings. The highest BCUT2D eigenvalue weighted by Gasteiger charge is 2.33. The number of carbonyl (C=O) groups is 1. The van der Waals surface area contributed by atoms with Crippen molar-refractivity contribution in [1.82, 2.24) is 9.47 Å². The summed E-state index contributed by atoms with van der Waals surface area (Å²) in [5, 5.41) is 9.91. The molecule has 2 saturated heterocycles. The van der Waals surface area contributed by atoms with Gasteiger partial charge in [-0.25, -0.2) is 0 Å². The first-order valence-corrected chi connectivity index (χ1v) is 15.3. The third-order valence-electron chi connectivity index (χ3n) is 7.71. The van der Waals surface area contributed by atoms with E-state index in [4.69, 9.17) is 12.2 Å². The second kappa shape index (κ2) is 13.5. The molecule has 0 radical (unpaired) electrons. The summed E-state index contributed by atoms with van der Waals surface area (Å²) in [6.07, 6.45) is 8.78. The highest BCUT2D eigenvalue weighted by molar-refractivity contribution is 8.26. The quantitative estimate of drug-likeness (QED) is 0.193. The molecule has 206 valence electrons. The molecule has 39 heavy (non-hydrogen) atoms. The van der Waals surface area contributed by atoms with Gasteiger partial charge in [0.25, 0.3) is 11.5 Å². The van der Waals surface area contributed by atoms with E-state index < -0.39 is 0 Å². The molecule has 2 aromatic rings. The van der Waals surface area contributed by atoms with E-state index in [0.717, 1.165) is 69.4 Å². The summed E-state index contributed by atoms with van der Waals surface area (Å²) in [5.41, 5.74) is 2.68. The Hall–Kier alpha value is -2.89. The van der Waals surface area contributed by atoms with Gasteiger partial charge in [-0.15, -0.1) is 0 Å². The van der Waals surface area contributed by atoms with Crippen LogP contribution in [0, 0.1) is 24.2 Å². The lowest BCUT2D eigenvalue weighted by atomic mass is 9.90. The lowest BCUT2D eigenvalue weighted by Crippen LogP contribution is -2.40. The fourth-order valence-electron chi connectivity index (χ4n) is 5.56. The van der Waals surface area contributed by atoms with Crippen molar-refractivity contribution < 1.29 is 4.79 Å². The van der Waals surface area contributed by atoms with E-state index in [1.54, 1.807) is 9.47 Å². The SMILES string of the molecule is CCCCCN1C(=O)/C(=C/c2c(C)c(C#N)c(=O)n(CCC)c2N2CCC(Cc3ccccc3)CC2)SC1=S. The molecule has 4 rings (SSSR count). The average molecular weight is 563 g/mol. The Morgan fingerprint density at radius 3 is 2.44 bits per heavy atom. The number of hydrogen-bond donors (Lipinski definition) is 0. The predicted octanol–water partition coefficient (Wildman–Crippen LogP) is 6.29. The van der Waals surface area contributed by atoms with Crippen LogP contribution < -0.4 is 10.5 Å². The first-order chi connectivity index (χ1) is 18.9. The predicted molar refractivity (Wildman–Crippen MR) is 165 cm³/mol. The number of nitrogens with zero attached hydrogens (tertiary/aromatic N) is 4. The number of thiocarbonyl (C=S) groups is 1. The Labute approximate surface area is 241 Å². The summed E-state index contributed by atoms with van der Waals surface area (Å²) in [6, 6.07) is 12.7.